The minimum Gasteiger partial charge on any atom is -0.370 e. The Hall–Kier alpha value is -6.64. The van der Waals surface area contributed by atoms with Crippen LogP contribution in [0.2, 0.25) is 0 Å². The van der Waals surface area contributed by atoms with Crippen LogP contribution in [0.15, 0.2) is 72.5 Å². The van der Waals surface area contributed by atoms with E-state index < -0.39 is 41.5 Å². The van der Waals surface area contributed by atoms with Crippen LogP contribution in [0, 0.1) is 11.2 Å². The van der Waals surface area contributed by atoms with E-state index in [1.165, 1.54) is 27.2 Å². The lowest BCUT2D eigenvalue weighted by molar-refractivity contribution is -0.121. The van der Waals surface area contributed by atoms with Gasteiger partial charge in [-0.05, 0) is 98.4 Å². The second-order valence-corrected chi connectivity index (χ2v) is 20.4. The summed E-state index contributed by atoms with van der Waals surface area (Å²) in [5.41, 5.74) is 5.65. The second-order valence-electron chi connectivity index (χ2n) is 19.5. The fourth-order valence-corrected chi connectivity index (χ4v) is 12.1. The Morgan fingerprint density at radius 3 is 2.52 bits per heavy atom. The van der Waals surface area contributed by atoms with Gasteiger partial charge in [-0.3, -0.25) is 39.9 Å². The molecule has 3 aromatic heterocycles. The summed E-state index contributed by atoms with van der Waals surface area (Å²) in [5.74, 6) is -5.18. The Kier molecular flexibility index (Phi) is 10.6. The van der Waals surface area contributed by atoms with E-state index >= 15 is 13.2 Å². The zero-order valence-corrected chi connectivity index (χ0v) is 38.4. The molecule has 3 aromatic carbocycles. The maximum Gasteiger partial charge on any atom is 0.329 e. The molecule has 6 aliphatic rings. The molecule has 5 amide bonds. The molecule has 6 aromatic rings. The van der Waals surface area contributed by atoms with Crippen molar-refractivity contribution in [1.29, 1.82) is 0 Å². The number of imide groups is 1. The number of likely N-dealkylation sites (tertiary alicyclic amines) is 2. The van der Waals surface area contributed by atoms with Crippen molar-refractivity contribution < 1.29 is 32.3 Å². The third kappa shape index (κ3) is 7.81. The zero-order chi connectivity index (χ0) is 47.2. The maximum absolute atomic E-state index is 16.0. The zero-order valence-electron chi connectivity index (χ0n) is 37.6. The highest BCUT2D eigenvalue weighted by molar-refractivity contribution is 7.13. The number of H-pyrrole nitrogens is 1. The van der Waals surface area contributed by atoms with Crippen LogP contribution >= 0.6 is 11.3 Å². The van der Waals surface area contributed by atoms with E-state index in [2.05, 4.69) is 40.6 Å². The van der Waals surface area contributed by atoms with E-state index in [1.54, 1.807) is 42.2 Å². The van der Waals surface area contributed by atoms with Crippen LogP contribution in [-0.2, 0) is 29.1 Å². The van der Waals surface area contributed by atoms with Gasteiger partial charge in [0.2, 0.25) is 5.91 Å². The van der Waals surface area contributed by atoms with E-state index in [9.17, 15) is 19.2 Å². The molecule has 9 heterocycles. The van der Waals surface area contributed by atoms with Crippen LogP contribution in [0.4, 0.5) is 34.6 Å². The number of hydrogen-bond donors (Lipinski definition) is 3. The highest BCUT2D eigenvalue weighted by Crippen LogP contribution is 2.45. The third-order valence-electron chi connectivity index (χ3n) is 14.9. The number of aryl methyl sites for hydroxylation is 1. The van der Waals surface area contributed by atoms with Crippen LogP contribution in [0.5, 0.6) is 0 Å². The molecule has 2 unspecified atom stereocenters. The molecule has 2 atom stereocenters. The van der Waals surface area contributed by atoms with E-state index in [4.69, 9.17) is 0 Å². The molecule has 0 aliphatic carbocycles. The molecule has 16 nitrogen and oxygen atoms in total. The summed E-state index contributed by atoms with van der Waals surface area (Å²) >= 11 is 1.28. The van der Waals surface area contributed by atoms with Gasteiger partial charge in [0.05, 0.1) is 36.5 Å². The summed E-state index contributed by atoms with van der Waals surface area (Å²) in [7, 11) is 0. The predicted molar refractivity (Wildman–Crippen MR) is 252 cm³/mol. The number of aromatic amines is 1. The van der Waals surface area contributed by atoms with Gasteiger partial charge in [0.15, 0.2) is 17.0 Å². The van der Waals surface area contributed by atoms with Crippen molar-refractivity contribution in [1.82, 2.24) is 44.7 Å². The number of fused-ring (bicyclic) bond motifs is 3. The quantitative estimate of drug-likeness (QED) is 0.125. The largest absolute Gasteiger partial charge is 0.370 e. The number of amides is 5. The molecule has 1 spiro atoms. The molecule has 69 heavy (non-hydrogen) atoms. The number of rotatable bonds is 12. The van der Waals surface area contributed by atoms with Crippen LogP contribution < -0.4 is 20.4 Å². The minimum absolute atomic E-state index is 0.0566. The number of nitrogens with zero attached hydrogens (tertiary/aromatic N) is 9. The monoisotopic (exact) mass is 958 g/mol. The van der Waals surface area contributed by atoms with Gasteiger partial charge in [0.1, 0.15) is 5.82 Å². The Morgan fingerprint density at radius 2 is 1.74 bits per heavy atom. The lowest BCUT2D eigenvalue weighted by Gasteiger charge is -2.61. The van der Waals surface area contributed by atoms with Crippen molar-refractivity contribution in [3.63, 3.8) is 0 Å². The number of carbonyl (C=O) groups excluding carboxylic acids is 4. The molecule has 356 valence electrons. The third-order valence-corrected chi connectivity index (χ3v) is 15.6. The summed E-state index contributed by atoms with van der Waals surface area (Å²) in [6.45, 7) is 6.43. The molecule has 4 fully saturated rings. The smallest absolute Gasteiger partial charge is 0.329 e. The number of aromatic nitrogens is 5. The molecule has 20 heteroatoms. The highest BCUT2D eigenvalue weighted by Gasteiger charge is 2.52. The number of piperidine rings is 1. The Bertz CT molecular complexity index is 3020. The molecule has 6 aliphatic heterocycles. The van der Waals surface area contributed by atoms with Gasteiger partial charge in [-0.25, -0.2) is 27.9 Å². The molecule has 0 radical (unpaired) electrons. The number of thiazole rings is 1. The summed E-state index contributed by atoms with van der Waals surface area (Å²) in [6, 6.07) is 14.7. The number of halogens is 3. The average Bonchev–Trinajstić information content (AvgIpc) is 4.16. The molecule has 4 saturated heterocycles. The molecule has 0 saturated carbocycles. The average molecular weight is 959 g/mol. The number of carbonyl (C=O) groups is 4. The first-order valence-corrected chi connectivity index (χ1v) is 24.4. The maximum atomic E-state index is 16.0. The van der Waals surface area contributed by atoms with Gasteiger partial charge in [-0.2, -0.15) is 5.10 Å². The fourth-order valence-electron chi connectivity index (χ4n) is 11.6. The predicted octanol–water partition coefficient (Wildman–Crippen LogP) is 6.39. The number of benzene rings is 3. The number of imidazole rings is 1. The van der Waals surface area contributed by atoms with Crippen LogP contribution in [0.3, 0.4) is 0 Å². The lowest BCUT2D eigenvalue weighted by atomic mass is 9.72. The van der Waals surface area contributed by atoms with Crippen LogP contribution in [0.25, 0.3) is 22.0 Å². The topological polar surface area (TPSA) is 168 Å². The van der Waals surface area contributed by atoms with E-state index in [1.807, 2.05) is 33.7 Å². The van der Waals surface area contributed by atoms with E-state index in [-0.39, 0.29) is 48.5 Å². The first-order chi connectivity index (χ1) is 33.4. The molecule has 12 rings (SSSR count). The summed E-state index contributed by atoms with van der Waals surface area (Å²) < 4.78 is 49.4. The minimum atomic E-state index is -2.91. The standard InChI is InChI=1S/C49H49F3N12O4S/c50-37-20-31(19-34-35(37)22-64(45(34)67)42(44(66)56-46-53-12-18-69-46)41-39-3-1-15-61(39)28-54-41)29-4-7-32(8-5-29)62-25-48(26-62)23-60(24-48)14-2-13-59-16-10-36(49(51,52)27-59)30-6-9-33-38(21-30)57-58-43(33)63-17-11-40(65)55-47(63)68/h4-9,12,18-21,28,36,42H,1-3,10-11,13-17,22-27H2,(H,57,58)(H,53,56,66)(H,55,65,68). The molecular weight excluding hydrogens is 910 g/mol. The van der Waals surface area contributed by atoms with Gasteiger partial charge in [-0.1, -0.05) is 18.2 Å². The SMILES string of the molecule is O=C1CCN(c2n[nH]c3cc(C4CCN(CCCN5CC6(C5)CN(c5ccc(-c7cc(F)c8c(c7)C(=O)N(C(C(=O)Nc7nccs7)c7ncn9c7CCC9)C8)cc5)C6)CC4(F)F)ccc23)C(=O)N1. The second kappa shape index (κ2) is 16.8. The van der Waals surface area contributed by atoms with Crippen molar-refractivity contribution in [2.45, 2.75) is 63.1 Å². The number of urea groups is 1. The first kappa shape index (κ1) is 43.6. The van der Waals surface area contributed by atoms with Gasteiger partial charge in [0, 0.05) is 90.6 Å². The van der Waals surface area contributed by atoms with Crippen molar-refractivity contribution in [3.05, 3.63) is 106 Å². The molecular formula is C49H49F3N12O4S. The van der Waals surface area contributed by atoms with Crippen LogP contribution in [0.1, 0.15) is 70.5 Å². The Balaban J connectivity index is 0.622. The Morgan fingerprint density at radius 1 is 0.913 bits per heavy atom. The number of anilines is 3. The van der Waals surface area contributed by atoms with Crippen molar-refractivity contribution in [2.24, 2.45) is 5.41 Å². The van der Waals surface area contributed by atoms with Crippen LogP contribution in [-0.4, -0.2) is 128 Å². The highest BCUT2D eigenvalue weighted by atomic mass is 32.1. The number of nitrogens with one attached hydrogen (secondary N) is 3. The normalized spacial score (nSPS) is 21.3. The van der Waals surface area contributed by atoms with Crippen molar-refractivity contribution in [2.75, 3.05) is 74.0 Å². The van der Waals surface area contributed by atoms with E-state index in [0.717, 1.165) is 75.5 Å². The molecule has 3 N–H and O–H groups in total. The summed E-state index contributed by atoms with van der Waals surface area (Å²) in [6.07, 6.45) is 6.25. The fraction of sp³-hybridized carbons (Fsp3) is 0.408. The van der Waals surface area contributed by atoms with E-state index in [0.29, 0.717) is 58.2 Å². The lowest BCUT2D eigenvalue weighted by Crippen LogP contribution is -2.72. The van der Waals surface area contributed by atoms with Crippen molar-refractivity contribution in [3.8, 4) is 11.1 Å². The van der Waals surface area contributed by atoms with Gasteiger partial charge < -0.3 is 19.3 Å². The summed E-state index contributed by atoms with van der Waals surface area (Å²) in [5, 5.41) is 15.1. The number of hydrogen-bond acceptors (Lipinski definition) is 11. The summed E-state index contributed by atoms with van der Waals surface area (Å²) in [4.78, 5) is 70.2. The van der Waals surface area contributed by atoms with Gasteiger partial charge >= 0.3 is 6.03 Å². The van der Waals surface area contributed by atoms with Gasteiger partial charge in [0.25, 0.3) is 17.7 Å². The molecule has 0 bridgehead atoms. The Labute approximate surface area is 398 Å². The van der Waals surface area contributed by atoms with Gasteiger partial charge in [-0.15, -0.1) is 11.3 Å². The van der Waals surface area contributed by atoms with Crippen molar-refractivity contribution >= 4 is 62.6 Å². The number of alkyl halides is 2. The first-order valence-electron chi connectivity index (χ1n) is 23.5.